The fraction of sp³-hybridized carbons (Fsp3) is 0.909. The summed E-state index contributed by atoms with van der Waals surface area (Å²) in [4.78, 5) is 13.4. The average Bonchev–Trinajstić information content (AvgIpc) is 2.96. The van der Waals surface area contributed by atoms with Crippen LogP contribution in [0.4, 0.5) is 4.79 Å². The number of likely N-dealkylation sites (tertiary alicyclic amines) is 1. The number of hydrogen-bond acceptors (Lipinski definition) is 3. The highest BCUT2D eigenvalue weighted by atomic mass is 16.5. The molecule has 0 aromatic heterocycles. The molecule has 0 radical (unpaired) electrons. The van der Waals surface area contributed by atoms with Crippen LogP contribution in [0.5, 0.6) is 0 Å². The SMILES string of the molecule is COC(=O)N1CCCC1C(CN)C1CC1. The molecular formula is C11H20N2O2. The van der Waals surface area contributed by atoms with Gasteiger partial charge in [0, 0.05) is 12.6 Å². The highest BCUT2D eigenvalue weighted by Gasteiger charge is 2.41. The molecule has 1 amide bonds. The van der Waals surface area contributed by atoms with Crippen LogP contribution in [0.2, 0.25) is 0 Å². The number of nitrogens with zero attached hydrogens (tertiary/aromatic N) is 1. The first-order valence-corrected chi connectivity index (χ1v) is 5.82. The lowest BCUT2D eigenvalue weighted by Crippen LogP contribution is -2.43. The first-order valence-electron chi connectivity index (χ1n) is 5.82. The molecule has 2 N–H and O–H groups in total. The first kappa shape index (κ1) is 10.7. The van der Waals surface area contributed by atoms with Crippen molar-refractivity contribution in [2.75, 3.05) is 20.2 Å². The Bertz CT molecular complexity index is 241. The molecule has 2 rings (SSSR count). The summed E-state index contributed by atoms with van der Waals surface area (Å²) in [5, 5.41) is 0. The second-order valence-electron chi connectivity index (χ2n) is 4.61. The van der Waals surface area contributed by atoms with Gasteiger partial charge in [-0.1, -0.05) is 0 Å². The third-order valence-electron chi connectivity index (χ3n) is 3.70. The summed E-state index contributed by atoms with van der Waals surface area (Å²) in [5.41, 5.74) is 5.82. The van der Waals surface area contributed by atoms with E-state index >= 15 is 0 Å². The maximum absolute atomic E-state index is 11.6. The number of rotatable bonds is 3. The Labute approximate surface area is 90.8 Å². The van der Waals surface area contributed by atoms with Crippen LogP contribution in [-0.4, -0.2) is 37.2 Å². The summed E-state index contributed by atoms with van der Waals surface area (Å²) in [6, 6.07) is 0.329. The maximum atomic E-state index is 11.6. The lowest BCUT2D eigenvalue weighted by molar-refractivity contribution is 0.103. The van der Waals surface area contributed by atoms with E-state index in [1.165, 1.54) is 20.0 Å². The predicted molar refractivity (Wildman–Crippen MR) is 57.4 cm³/mol. The van der Waals surface area contributed by atoms with Gasteiger partial charge in [-0.05, 0) is 44.1 Å². The van der Waals surface area contributed by atoms with Gasteiger partial charge in [0.2, 0.25) is 0 Å². The van der Waals surface area contributed by atoms with Gasteiger partial charge in [0.05, 0.1) is 7.11 Å². The second kappa shape index (κ2) is 4.39. The minimum Gasteiger partial charge on any atom is -0.453 e. The Morgan fingerprint density at radius 2 is 2.27 bits per heavy atom. The average molecular weight is 212 g/mol. The van der Waals surface area contributed by atoms with Gasteiger partial charge in [0.25, 0.3) is 0 Å². The van der Waals surface area contributed by atoms with Crippen molar-refractivity contribution >= 4 is 6.09 Å². The lowest BCUT2D eigenvalue weighted by atomic mass is 9.93. The summed E-state index contributed by atoms with van der Waals surface area (Å²) in [7, 11) is 1.45. The first-order chi connectivity index (χ1) is 7.27. The molecule has 1 aliphatic heterocycles. The Balaban J connectivity index is 2.02. The van der Waals surface area contributed by atoms with E-state index in [9.17, 15) is 4.79 Å². The molecule has 2 unspecified atom stereocenters. The molecule has 1 heterocycles. The van der Waals surface area contributed by atoms with Gasteiger partial charge in [0.1, 0.15) is 0 Å². The number of ether oxygens (including phenoxy) is 1. The number of carbonyl (C=O) groups excluding carboxylic acids is 1. The maximum Gasteiger partial charge on any atom is 0.409 e. The fourth-order valence-corrected chi connectivity index (χ4v) is 2.77. The number of nitrogens with two attached hydrogens (primary N) is 1. The number of amides is 1. The van der Waals surface area contributed by atoms with E-state index in [1.54, 1.807) is 0 Å². The zero-order valence-corrected chi connectivity index (χ0v) is 9.32. The van der Waals surface area contributed by atoms with E-state index < -0.39 is 0 Å². The van der Waals surface area contributed by atoms with Crippen molar-refractivity contribution in [1.29, 1.82) is 0 Å². The summed E-state index contributed by atoms with van der Waals surface area (Å²) in [6.45, 7) is 1.53. The zero-order chi connectivity index (χ0) is 10.8. The van der Waals surface area contributed by atoms with Crippen LogP contribution < -0.4 is 5.73 Å². The van der Waals surface area contributed by atoms with E-state index in [-0.39, 0.29) is 6.09 Å². The van der Waals surface area contributed by atoms with Gasteiger partial charge in [-0.3, -0.25) is 0 Å². The number of carbonyl (C=O) groups is 1. The molecule has 1 saturated heterocycles. The van der Waals surface area contributed by atoms with Crippen LogP contribution in [0.25, 0.3) is 0 Å². The fourth-order valence-electron chi connectivity index (χ4n) is 2.77. The summed E-state index contributed by atoms with van der Waals surface area (Å²) < 4.78 is 4.81. The van der Waals surface area contributed by atoms with Crippen molar-refractivity contribution in [3.05, 3.63) is 0 Å². The molecule has 2 atom stereocenters. The van der Waals surface area contributed by atoms with Crippen LogP contribution >= 0.6 is 0 Å². The van der Waals surface area contributed by atoms with Gasteiger partial charge < -0.3 is 15.4 Å². The second-order valence-corrected chi connectivity index (χ2v) is 4.61. The van der Waals surface area contributed by atoms with E-state index in [0.717, 1.165) is 25.3 Å². The molecular weight excluding hydrogens is 192 g/mol. The monoisotopic (exact) mass is 212 g/mol. The minimum atomic E-state index is -0.184. The molecule has 2 fully saturated rings. The number of methoxy groups -OCH3 is 1. The van der Waals surface area contributed by atoms with E-state index in [4.69, 9.17) is 10.5 Å². The summed E-state index contributed by atoms with van der Waals surface area (Å²) >= 11 is 0. The van der Waals surface area contributed by atoms with Gasteiger partial charge in [0.15, 0.2) is 0 Å². The molecule has 4 nitrogen and oxygen atoms in total. The van der Waals surface area contributed by atoms with E-state index in [2.05, 4.69) is 0 Å². The zero-order valence-electron chi connectivity index (χ0n) is 9.32. The molecule has 0 aromatic carbocycles. The van der Waals surface area contributed by atoms with Gasteiger partial charge >= 0.3 is 6.09 Å². The summed E-state index contributed by atoms with van der Waals surface area (Å²) in [5.74, 6) is 1.25. The lowest BCUT2D eigenvalue weighted by Gasteiger charge is -2.30. The van der Waals surface area contributed by atoms with Crippen LogP contribution in [0.1, 0.15) is 25.7 Å². The molecule has 0 spiro atoms. The predicted octanol–water partition coefficient (Wildman–Crippen LogP) is 1.20. The van der Waals surface area contributed by atoms with E-state index in [1.807, 2.05) is 4.90 Å². The Morgan fingerprint density at radius 3 is 2.80 bits per heavy atom. The molecule has 0 bridgehead atoms. The van der Waals surface area contributed by atoms with Crippen molar-refractivity contribution in [2.45, 2.75) is 31.7 Å². The molecule has 1 aliphatic carbocycles. The molecule has 0 aromatic rings. The molecule has 1 saturated carbocycles. The normalized spacial score (nSPS) is 27.9. The van der Waals surface area contributed by atoms with Crippen molar-refractivity contribution in [3.8, 4) is 0 Å². The third-order valence-corrected chi connectivity index (χ3v) is 3.70. The quantitative estimate of drug-likeness (QED) is 0.764. The summed E-state index contributed by atoms with van der Waals surface area (Å²) in [6.07, 6.45) is 4.56. The Morgan fingerprint density at radius 1 is 1.53 bits per heavy atom. The van der Waals surface area contributed by atoms with Crippen LogP contribution in [0.3, 0.4) is 0 Å². The standard InChI is InChI=1S/C11H20N2O2/c1-15-11(14)13-6-2-3-10(13)9(7-12)8-4-5-8/h8-10H,2-7,12H2,1H3. The third kappa shape index (κ3) is 2.09. The van der Waals surface area contributed by atoms with Crippen LogP contribution in [0.15, 0.2) is 0 Å². The Kier molecular flexibility index (Phi) is 3.14. The van der Waals surface area contributed by atoms with Crippen molar-refractivity contribution in [2.24, 2.45) is 17.6 Å². The van der Waals surface area contributed by atoms with Crippen molar-refractivity contribution in [3.63, 3.8) is 0 Å². The van der Waals surface area contributed by atoms with Gasteiger partial charge in [-0.15, -0.1) is 0 Å². The largest absolute Gasteiger partial charge is 0.453 e. The molecule has 4 heteroatoms. The van der Waals surface area contributed by atoms with Crippen LogP contribution in [0, 0.1) is 11.8 Å². The smallest absolute Gasteiger partial charge is 0.409 e. The highest BCUT2D eigenvalue weighted by molar-refractivity contribution is 5.68. The van der Waals surface area contributed by atoms with Gasteiger partial charge in [-0.2, -0.15) is 0 Å². The highest BCUT2D eigenvalue weighted by Crippen LogP contribution is 2.41. The van der Waals surface area contributed by atoms with Crippen molar-refractivity contribution in [1.82, 2.24) is 4.90 Å². The van der Waals surface area contributed by atoms with Crippen LogP contribution in [-0.2, 0) is 4.74 Å². The number of hydrogen-bond donors (Lipinski definition) is 1. The van der Waals surface area contributed by atoms with Crippen molar-refractivity contribution < 1.29 is 9.53 Å². The van der Waals surface area contributed by atoms with E-state index in [0.29, 0.717) is 18.5 Å². The molecule has 2 aliphatic rings. The topological polar surface area (TPSA) is 55.6 Å². The minimum absolute atomic E-state index is 0.184. The molecule has 86 valence electrons. The molecule has 15 heavy (non-hydrogen) atoms. The Hall–Kier alpha value is -0.770. The van der Waals surface area contributed by atoms with Gasteiger partial charge in [-0.25, -0.2) is 4.79 Å².